The van der Waals surface area contributed by atoms with Crippen LogP contribution in [-0.2, 0) is 5.41 Å². The fourth-order valence-electron chi connectivity index (χ4n) is 5.80. The summed E-state index contributed by atoms with van der Waals surface area (Å²) in [5, 5.41) is 2.60. The Morgan fingerprint density at radius 3 is 1.83 bits per heavy atom. The Morgan fingerprint density at radius 1 is 0.556 bits per heavy atom. The molecule has 0 spiro atoms. The monoisotopic (exact) mass is 461 g/mol. The molecular formula is C35H27N. The van der Waals surface area contributed by atoms with Crippen LogP contribution in [0.15, 0.2) is 121 Å². The third kappa shape index (κ3) is 3.17. The molecule has 1 aliphatic rings. The van der Waals surface area contributed by atoms with Crippen molar-refractivity contribution in [2.24, 2.45) is 0 Å². The summed E-state index contributed by atoms with van der Waals surface area (Å²) in [6.45, 7) is 4.61. The normalized spacial score (nSPS) is 13.9. The molecule has 6 aromatic rings. The largest absolute Gasteiger partial charge is 0.309 e. The molecule has 1 aliphatic carbocycles. The van der Waals surface area contributed by atoms with Crippen LogP contribution in [0.3, 0.4) is 0 Å². The fraction of sp³-hybridized carbons (Fsp3) is 0.0857. The van der Waals surface area contributed by atoms with E-state index in [1.807, 2.05) is 0 Å². The maximum absolute atomic E-state index is 2.48. The summed E-state index contributed by atoms with van der Waals surface area (Å²) in [7, 11) is 0. The first-order valence-corrected chi connectivity index (χ1v) is 12.6. The Labute approximate surface area is 212 Å². The van der Waals surface area contributed by atoms with Gasteiger partial charge in [-0.05, 0) is 52.1 Å². The van der Waals surface area contributed by atoms with E-state index in [0.29, 0.717) is 0 Å². The SMILES string of the molecule is CC1(C)C=Cc2c1ccc1c3ccccc3n(-c3cc(-c4ccccc4)cc(-c4ccccc4)c3)c21. The van der Waals surface area contributed by atoms with E-state index >= 15 is 0 Å². The van der Waals surface area contributed by atoms with Crippen molar-refractivity contribution in [3.05, 3.63) is 132 Å². The highest BCUT2D eigenvalue weighted by molar-refractivity contribution is 6.12. The van der Waals surface area contributed by atoms with Crippen LogP contribution >= 0.6 is 0 Å². The molecule has 1 heterocycles. The molecule has 0 unspecified atom stereocenters. The van der Waals surface area contributed by atoms with E-state index in [0.717, 1.165) is 0 Å². The predicted molar refractivity (Wildman–Crippen MR) is 154 cm³/mol. The van der Waals surface area contributed by atoms with Crippen molar-refractivity contribution >= 4 is 27.9 Å². The van der Waals surface area contributed by atoms with Gasteiger partial charge in [-0.1, -0.05) is 117 Å². The van der Waals surface area contributed by atoms with Crippen LogP contribution in [0, 0.1) is 0 Å². The van der Waals surface area contributed by atoms with Gasteiger partial charge in [0.15, 0.2) is 0 Å². The number of fused-ring (bicyclic) bond motifs is 5. The highest BCUT2D eigenvalue weighted by Gasteiger charge is 2.28. The van der Waals surface area contributed by atoms with Gasteiger partial charge in [-0.3, -0.25) is 0 Å². The quantitative estimate of drug-likeness (QED) is 0.247. The highest BCUT2D eigenvalue weighted by atomic mass is 15.0. The molecule has 0 bridgehead atoms. The fourth-order valence-corrected chi connectivity index (χ4v) is 5.80. The minimum Gasteiger partial charge on any atom is -0.309 e. The van der Waals surface area contributed by atoms with Crippen LogP contribution in [0.25, 0.3) is 55.8 Å². The molecule has 172 valence electrons. The summed E-state index contributed by atoms with van der Waals surface area (Å²) in [6.07, 6.45) is 4.67. The Kier molecular flexibility index (Phi) is 4.56. The van der Waals surface area contributed by atoms with Gasteiger partial charge in [0.25, 0.3) is 0 Å². The zero-order chi connectivity index (χ0) is 24.3. The number of rotatable bonds is 3. The van der Waals surface area contributed by atoms with Gasteiger partial charge in [-0.2, -0.15) is 0 Å². The molecule has 0 radical (unpaired) electrons. The van der Waals surface area contributed by atoms with Gasteiger partial charge in [-0.25, -0.2) is 0 Å². The number of benzene rings is 5. The first kappa shape index (κ1) is 21.0. The number of allylic oxidation sites excluding steroid dienone is 1. The first-order chi connectivity index (χ1) is 17.6. The zero-order valence-electron chi connectivity index (χ0n) is 20.6. The second kappa shape index (κ2) is 7.83. The lowest BCUT2D eigenvalue weighted by molar-refractivity contribution is 0.684. The van der Waals surface area contributed by atoms with Crippen LogP contribution < -0.4 is 0 Å². The molecule has 1 heteroatoms. The lowest BCUT2D eigenvalue weighted by Gasteiger charge is -2.19. The van der Waals surface area contributed by atoms with E-state index in [1.165, 1.54) is 60.9 Å². The van der Waals surface area contributed by atoms with E-state index in [9.17, 15) is 0 Å². The lowest BCUT2D eigenvalue weighted by atomic mass is 9.86. The van der Waals surface area contributed by atoms with Gasteiger partial charge in [0, 0.05) is 27.4 Å². The van der Waals surface area contributed by atoms with Gasteiger partial charge in [0.1, 0.15) is 0 Å². The van der Waals surface area contributed by atoms with Gasteiger partial charge in [0.2, 0.25) is 0 Å². The van der Waals surface area contributed by atoms with Crippen molar-refractivity contribution in [3.8, 4) is 27.9 Å². The molecule has 0 N–H and O–H groups in total. The van der Waals surface area contributed by atoms with E-state index in [-0.39, 0.29) is 5.41 Å². The summed E-state index contributed by atoms with van der Waals surface area (Å²) in [4.78, 5) is 0. The average molecular weight is 462 g/mol. The topological polar surface area (TPSA) is 4.93 Å². The molecule has 0 aliphatic heterocycles. The number of para-hydroxylation sites is 1. The molecule has 0 saturated carbocycles. The number of nitrogens with zero attached hydrogens (tertiary/aromatic N) is 1. The predicted octanol–water partition coefficient (Wildman–Crippen LogP) is 9.42. The summed E-state index contributed by atoms with van der Waals surface area (Å²) < 4.78 is 2.48. The van der Waals surface area contributed by atoms with Crippen molar-refractivity contribution in [1.29, 1.82) is 0 Å². The molecule has 0 fully saturated rings. The molecule has 0 atom stereocenters. The smallest absolute Gasteiger partial charge is 0.0616 e. The Morgan fingerprint density at radius 2 is 1.17 bits per heavy atom. The molecule has 5 aromatic carbocycles. The molecule has 0 saturated heterocycles. The number of hydrogen-bond donors (Lipinski definition) is 0. The third-order valence-electron chi connectivity index (χ3n) is 7.63. The number of aromatic nitrogens is 1. The first-order valence-electron chi connectivity index (χ1n) is 12.6. The van der Waals surface area contributed by atoms with Crippen LogP contribution in [0.5, 0.6) is 0 Å². The van der Waals surface area contributed by atoms with Crippen LogP contribution in [-0.4, -0.2) is 4.57 Å². The van der Waals surface area contributed by atoms with Gasteiger partial charge < -0.3 is 4.57 Å². The summed E-state index contributed by atoms with van der Waals surface area (Å²) in [5.41, 5.74) is 11.4. The minimum atomic E-state index is 0.0336. The third-order valence-corrected chi connectivity index (χ3v) is 7.63. The zero-order valence-corrected chi connectivity index (χ0v) is 20.6. The Balaban J connectivity index is 1.60. The number of hydrogen-bond acceptors (Lipinski definition) is 0. The van der Waals surface area contributed by atoms with Gasteiger partial charge in [0.05, 0.1) is 11.0 Å². The molecule has 7 rings (SSSR count). The van der Waals surface area contributed by atoms with Crippen LogP contribution in [0.4, 0.5) is 0 Å². The van der Waals surface area contributed by atoms with E-state index in [4.69, 9.17) is 0 Å². The highest BCUT2D eigenvalue weighted by Crippen LogP contribution is 2.44. The van der Waals surface area contributed by atoms with Crippen molar-refractivity contribution in [2.45, 2.75) is 19.3 Å². The lowest BCUT2D eigenvalue weighted by Crippen LogP contribution is -2.10. The van der Waals surface area contributed by atoms with E-state index in [2.05, 4.69) is 146 Å². The summed E-state index contributed by atoms with van der Waals surface area (Å²) >= 11 is 0. The van der Waals surface area contributed by atoms with Gasteiger partial charge in [-0.15, -0.1) is 0 Å². The standard InChI is InChI=1S/C35H27N/c1-35(2)20-19-31-32(35)18-17-30-29-15-9-10-16-33(29)36(34(30)31)28-22-26(24-11-5-3-6-12-24)21-27(23-28)25-13-7-4-8-14-25/h3-23H,1-2H3. The van der Waals surface area contributed by atoms with Crippen molar-refractivity contribution in [3.63, 3.8) is 0 Å². The maximum Gasteiger partial charge on any atom is 0.0616 e. The van der Waals surface area contributed by atoms with Crippen LogP contribution in [0.1, 0.15) is 25.0 Å². The van der Waals surface area contributed by atoms with E-state index < -0.39 is 0 Å². The molecule has 1 nitrogen and oxygen atoms in total. The molecular weight excluding hydrogens is 434 g/mol. The average Bonchev–Trinajstić information content (AvgIpc) is 3.43. The minimum absolute atomic E-state index is 0.0336. The molecule has 0 amide bonds. The van der Waals surface area contributed by atoms with Crippen molar-refractivity contribution < 1.29 is 0 Å². The maximum atomic E-state index is 2.48. The molecule has 1 aromatic heterocycles. The van der Waals surface area contributed by atoms with Gasteiger partial charge >= 0.3 is 0 Å². The Hall–Kier alpha value is -4.36. The Bertz CT molecular complexity index is 1730. The van der Waals surface area contributed by atoms with Crippen molar-refractivity contribution in [1.82, 2.24) is 4.57 Å². The van der Waals surface area contributed by atoms with Crippen molar-refractivity contribution in [2.75, 3.05) is 0 Å². The second-order valence-electron chi connectivity index (χ2n) is 10.3. The van der Waals surface area contributed by atoms with E-state index in [1.54, 1.807) is 0 Å². The summed E-state index contributed by atoms with van der Waals surface area (Å²) in [6, 6.07) is 41.9. The van der Waals surface area contributed by atoms with Crippen LogP contribution in [0.2, 0.25) is 0 Å². The molecule has 36 heavy (non-hydrogen) atoms. The summed E-state index contributed by atoms with van der Waals surface area (Å²) in [5.74, 6) is 0. The second-order valence-corrected chi connectivity index (χ2v) is 10.3.